The predicted octanol–water partition coefficient (Wildman–Crippen LogP) is -1.02. The summed E-state index contributed by atoms with van der Waals surface area (Å²) in [5, 5.41) is 0. The molecule has 0 saturated heterocycles. The minimum atomic E-state index is -0.403. The standard InChI is InChI=1S/C9H13N5O2/c1-4(10)6-11-5-7(12-6)13(2)9(16)14(3)8(5)15/h4H,10H2,1-3H3,(H,11,12). The van der Waals surface area contributed by atoms with E-state index in [0.717, 1.165) is 4.57 Å². The van der Waals surface area contributed by atoms with E-state index in [1.54, 1.807) is 14.0 Å². The molecule has 0 amide bonds. The number of aryl methyl sites for hydroxylation is 1. The van der Waals surface area contributed by atoms with Crippen molar-refractivity contribution < 1.29 is 0 Å². The molecule has 0 aromatic carbocycles. The lowest BCUT2D eigenvalue weighted by atomic mass is 10.3. The van der Waals surface area contributed by atoms with Gasteiger partial charge in [0.2, 0.25) is 0 Å². The summed E-state index contributed by atoms with van der Waals surface area (Å²) in [4.78, 5) is 30.4. The Labute approximate surface area is 90.5 Å². The number of fused-ring (bicyclic) bond motifs is 1. The third-order valence-electron chi connectivity index (χ3n) is 2.54. The third-order valence-corrected chi connectivity index (χ3v) is 2.54. The lowest BCUT2D eigenvalue weighted by Gasteiger charge is -2.00. The zero-order chi connectivity index (χ0) is 12.0. The first-order chi connectivity index (χ1) is 7.43. The molecule has 0 aliphatic rings. The van der Waals surface area contributed by atoms with Crippen LogP contribution in [0, 0.1) is 0 Å². The summed E-state index contributed by atoms with van der Waals surface area (Å²) in [5.74, 6) is 0.494. The maximum Gasteiger partial charge on any atom is 0.332 e. The van der Waals surface area contributed by atoms with Crippen LogP contribution in [0.1, 0.15) is 18.8 Å². The predicted molar refractivity (Wildman–Crippen MR) is 59.2 cm³/mol. The second-order valence-electron chi connectivity index (χ2n) is 3.82. The Morgan fingerprint density at radius 3 is 2.50 bits per heavy atom. The summed E-state index contributed by atoms with van der Waals surface area (Å²) in [6.07, 6.45) is 0. The summed E-state index contributed by atoms with van der Waals surface area (Å²) in [5.41, 5.74) is 5.51. The topological polar surface area (TPSA) is 98.7 Å². The van der Waals surface area contributed by atoms with E-state index in [2.05, 4.69) is 9.97 Å². The van der Waals surface area contributed by atoms with Gasteiger partial charge in [-0.25, -0.2) is 9.78 Å². The molecule has 1 unspecified atom stereocenters. The molecule has 3 N–H and O–H groups in total. The minimum Gasteiger partial charge on any atom is -0.335 e. The number of imidazole rings is 1. The average Bonchev–Trinajstić information content (AvgIpc) is 2.68. The smallest absolute Gasteiger partial charge is 0.332 e. The van der Waals surface area contributed by atoms with Gasteiger partial charge in [-0.1, -0.05) is 0 Å². The van der Waals surface area contributed by atoms with Crippen LogP contribution >= 0.6 is 0 Å². The molecule has 7 nitrogen and oxygen atoms in total. The lowest BCUT2D eigenvalue weighted by molar-refractivity contribution is 0.707. The van der Waals surface area contributed by atoms with Gasteiger partial charge in [0.1, 0.15) is 11.3 Å². The zero-order valence-electron chi connectivity index (χ0n) is 9.31. The fourth-order valence-corrected chi connectivity index (χ4v) is 1.56. The first-order valence-corrected chi connectivity index (χ1v) is 4.84. The van der Waals surface area contributed by atoms with Crippen molar-refractivity contribution in [2.24, 2.45) is 19.8 Å². The largest absolute Gasteiger partial charge is 0.335 e. The Kier molecular flexibility index (Phi) is 2.20. The molecule has 2 rings (SSSR count). The molecule has 2 heterocycles. The molecule has 0 fully saturated rings. The fourth-order valence-electron chi connectivity index (χ4n) is 1.56. The van der Waals surface area contributed by atoms with Crippen molar-refractivity contribution >= 4 is 11.2 Å². The van der Waals surface area contributed by atoms with Gasteiger partial charge in [0.15, 0.2) is 5.65 Å². The highest BCUT2D eigenvalue weighted by atomic mass is 16.2. The molecule has 2 aromatic rings. The van der Waals surface area contributed by atoms with Crippen LogP contribution in [0.2, 0.25) is 0 Å². The van der Waals surface area contributed by atoms with E-state index in [-0.39, 0.29) is 6.04 Å². The van der Waals surface area contributed by atoms with Crippen LogP contribution in [0.25, 0.3) is 11.2 Å². The molecule has 7 heteroatoms. The Morgan fingerprint density at radius 1 is 1.31 bits per heavy atom. The van der Waals surface area contributed by atoms with Gasteiger partial charge in [0, 0.05) is 14.1 Å². The first-order valence-electron chi connectivity index (χ1n) is 4.84. The van der Waals surface area contributed by atoms with Crippen molar-refractivity contribution in [3.8, 4) is 0 Å². The van der Waals surface area contributed by atoms with Gasteiger partial charge in [0.05, 0.1) is 6.04 Å². The Morgan fingerprint density at radius 2 is 1.94 bits per heavy atom. The fraction of sp³-hybridized carbons (Fsp3) is 0.444. The minimum absolute atomic E-state index is 0.303. The summed E-state index contributed by atoms with van der Waals surface area (Å²) < 4.78 is 2.35. The molecule has 0 radical (unpaired) electrons. The Balaban J connectivity index is 2.98. The molecule has 0 aliphatic carbocycles. The van der Waals surface area contributed by atoms with Crippen LogP contribution in [0.5, 0.6) is 0 Å². The van der Waals surface area contributed by atoms with Crippen molar-refractivity contribution in [3.05, 3.63) is 26.7 Å². The number of rotatable bonds is 1. The van der Waals surface area contributed by atoms with Crippen LogP contribution in [0.4, 0.5) is 0 Å². The maximum absolute atomic E-state index is 11.8. The number of nitrogens with two attached hydrogens (primary N) is 1. The van der Waals surface area contributed by atoms with Crippen molar-refractivity contribution in [2.75, 3.05) is 0 Å². The number of nitrogens with zero attached hydrogens (tertiary/aromatic N) is 3. The van der Waals surface area contributed by atoms with E-state index < -0.39 is 11.2 Å². The molecule has 0 spiro atoms. The van der Waals surface area contributed by atoms with E-state index in [1.165, 1.54) is 11.6 Å². The van der Waals surface area contributed by atoms with Crippen molar-refractivity contribution in [1.82, 2.24) is 19.1 Å². The van der Waals surface area contributed by atoms with Gasteiger partial charge in [-0.2, -0.15) is 0 Å². The summed E-state index contributed by atoms with van der Waals surface area (Å²) >= 11 is 0. The highest BCUT2D eigenvalue weighted by molar-refractivity contribution is 5.69. The van der Waals surface area contributed by atoms with E-state index in [1.807, 2.05) is 0 Å². The van der Waals surface area contributed by atoms with Gasteiger partial charge in [-0.3, -0.25) is 13.9 Å². The van der Waals surface area contributed by atoms with Gasteiger partial charge in [-0.15, -0.1) is 0 Å². The van der Waals surface area contributed by atoms with Gasteiger partial charge < -0.3 is 10.7 Å². The quantitative estimate of drug-likeness (QED) is 0.646. The SMILES string of the molecule is CC(N)c1nc2c([nH]1)c(=O)n(C)c(=O)n2C. The van der Waals surface area contributed by atoms with Crippen molar-refractivity contribution in [1.29, 1.82) is 0 Å². The number of hydrogen-bond donors (Lipinski definition) is 2. The normalized spacial score (nSPS) is 13.2. The van der Waals surface area contributed by atoms with E-state index in [0.29, 0.717) is 17.0 Å². The number of H-pyrrole nitrogens is 1. The van der Waals surface area contributed by atoms with E-state index >= 15 is 0 Å². The van der Waals surface area contributed by atoms with Gasteiger partial charge in [-0.05, 0) is 6.92 Å². The molecule has 16 heavy (non-hydrogen) atoms. The van der Waals surface area contributed by atoms with Crippen molar-refractivity contribution in [3.63, 3.8) is 0 Å². The summed E-state index contributed by atoms with van der Waals surface area (Å²) in [6, 6.07) is -0.313. The third kappa shape index (κ3) is 1.28. The second-order valence-corrected chi connectivity index (χ2v) is 3.82. The highest BCUT2D eigenvalue weighted by Gasteiger charge is 2.14. The second kappa shape index (κ2) is 3.31. The Hall–Kier alpha value is -1.89. The van der Waals surface area contributed by atoms with Crippen LogP contribution in [0.3, 0.4) is 0 Å². The van der Waals surface area contributed by atoms with Crippen LogP contribution < -0.4 is 17.0 Å². The zero-order valence-corrected chi connectivity index (χ0v) is 9.31. The Bertz CT molecular complexity index is 661. The molecular weight excluding hydrogens is 210 g/mol. The van der Waals surface area contributed by atoms with Gasteiger partial charge >= 0.3 is 5.69 Å². The number of nitrogens with one attached hydrogen (secondary N) is 1. The highest BCUT2D eigenvalue weighted by Crippen LogP contribution is 2.09. The van der Waals surface area contributed by atoms with Crippen molar-refractivity contribution in [2.45, 2.75) is 13.0 Å². The maximum atomic E-state index is 11.8. The van der Waals surface area contributed by atoms with Gasteiger partial charge in [0.25, 0.3) is 5.56 Å². The molecule has 0 aliphatic heterocycles. The number of hydrogen-bond acceptors (Lipinski definition) is 4. The summed E-state index contributed by atoms with van der Waals surface area (Å²) in [6.45, 7) is 1.75. The monoisotopic (exact) mass is 223 g/mol. The molecule has 86 valence electrons. The van der Waals surface area contributed by atoms with E-state index in [4.69, 9.17) is 5.73 Å². The number of aromatic amines is 1. The summed E-state index contributed by atoms with van der Waals surface area (Å²) in [7, 11) is 2.99. The van der Waals surface area contributed by atoms with Crippen LogP contribution in [0.15, 0.2) is 9.59 Å². The molecule has 0 bridgehead atoms. The first kappa shape index (κ1) is 10.6. The molecule has 1 atom stereocenters. The lowest BCUT2D eigenvalue weighted by Crippen LogP contribution is -2.36. The molecule has 2 aromatic heterocycles. The molecular formula is C9H13N5O2. The van der Waals surface area contributed by atoms with Crippen LogP contribution in [-0.2, 0) is 14.1 Å². The average molecular weight is 223 g/mol. The molecule has 0 saturated carbocycles. The number of aromatic nitrogens is 4. The van der Waals surface area contributed by atoms with Crippen LogP contribution in [-0.4, -0.2) is 19.1 Å². The van der Waals surface area contributed by atoms with E-state index in [9.17, 15) is 9.59 Å².